The van der Waals surface area contributed by atoms with Crippen LogP contribution in [-0.2, 0) is 6.42 Å². The fraction of sp³-hybridized carbons (Fsp3) is 0.538. The number of para-hydroxylation sites is 1. The van der Waals surface area contributed by atoms with Crippen molar-refractivity contribution in [1.82, 2.24) is 4.98 Å². The Labute approximate surface area is 165 Å². The first-order chi connectivity index (χ1) is 13.4. The van der Waals surface area contributed by atoms with Gasteiger partial charge in [-0.2, -0.15) is 0 Å². The Hall–Kier alpha value is -1.76. The zero-order valence-electron chi connectivity index (χ0n) is 17.2. The van der Waals surface area contributed by atoms with Crippen LogP contribution in [0.3, 0.4) is 0 Å². The highest BCUT2D eigenvalue weighted by Crippen LogP contribution is 2.26. The van der Waals surface area contributed by atoms with Gasteiger partial charge in [-0.1, -0.05) is 108 Å². The number of aromatic amines is 1. The third-order valence-corrected chi connectivity index (χ3v) is 5.89. The summed E-state index contributed by atoms with van der Waals surface area (Å²) in [5.41, 5.74) is 4.00. The van der Waals surface area contributed by atoms with Gasteiger partial charge in [-0.25, -0.2) is 0 Å². The van der Waals surface area contributed by atoms with Crippen LogP contribution in [0.5, 0.6) is 0 Å². The highest BCUT2D eigenvalue weighted by atomic mass is 14.7. The number of benzene rings is 2. The highest BCUT2D eigenvalue weighted by molar-refractivity contribution is 6.07. The van der Waals surface area contributed by atoms with E-state index in [4.69, 9.17) is 0 Å². The lowest BCUT2D eigenvalue weighted by molar-refractivity contribution is 0.544. The minimum Gasteiger partial charge on any atom is -0.355 e. The monoisotopic (exact) mass is 363 g/mol. The number of H-pyrrole nitrogens is 1. The molecule has 0 saturated carbocycles. The summed E-state index contributed by atoms with van der Waals surface area (Å²) >= 11 is 0. The Morgan fingerprint density at radius 2 is 1.19 bits per heavy atom. The third-order valence-electron chi connectivity index (χ3n) is 5.89. The number of unbranched alkanes of at least 4 members (excludes halogenated alkanes) is 11. The normalized spacial score (nSPS) is 11.6. The van der Waals surface area contributed by atoms with Gasteiger partial charge >= 0.3 is 0 Å². The quantitative estimate of drug-likeness (QED) is 0.293. The van der Waals surface area contributed by atoms with Gasteiger partial charge in [0.1, 0.15) is 0 Å². The van der Waals surface area contributed by atoms with Crippen molar-refractivity contribution in [3.8, 4) is 0 Å². The number of aryl methyl sites for hydroxylation is 1. The molecule has 1 heterocycles. The maximum absolute atomic E-state index is 3.56. The molecule has 0 atom stereocenters. The molecule has 1 nitrogen and oxygen atoms in total. The second kappa shape index (κ2) is 11.2. The second-order valence-corrected chi connectivity index (χ2v) is 8.19. The Kier molecular flexibility index (Phi) is 8.27. The first kappa shape index (κ1) is 20.0. The summed E-state index contributed by atoms with van der Waals surface area (Å²) in [4.78, 5) is 3.56. The van der Waals surface area contributed by atoms with Crippen molar-refractivity contribution in [2.75, 3.05) is 0 Å². The van der Waals surface area contributed by atoms with E-state index in [0.29, 0.717) is 0 Å². The Morgan fingerprint density at radius 1 is 0.593 bits per heavy atom. The fourth-order valence-electron chi connectivity index (χ4n) is 4.23. The van der Waals surface area contributed by atoms with E-state index in [1.807, 2.05) is 0 Å². The van der Waals surface area contributed by atoms with E-state index in [1.54, 1.807) is 0 Å². The molecular formula is C26H37N. The van der Waals surface area contributed by atoms with E-state index in [9.17, 15) is 0 Å². The molecule has 0 saturated heterocycles. The molecule has 0 unspecified atom stereocenters. The van der Waals surface area contributed by atoms with Crippen molar-refractivity contribution >= 4 is 21.8 Å². The van der Waals surface area contributed by atoms with Gasteiger partial charge in [-0.3, -0.25) is 0 Å². The van der Waals surface area contributed by atoms with Gasteiger partial charge in [0.25, 0.3) is 0 Å². The van der Waals surface area contributed by atoms with E-state index in [-0.39, 0.29) is 0 Å². The largest absolute Gasteiger partial charge is 0.355 e. The van der Waals surface area contributed by atoms with Crippen LogP contribution in [0.2, 0.25) is 0 Å². The SMILES string of the molecule is CCCCCCCCCCCCCCc1ccc2c(c1)[nH]c1ccccc12. The molecule has 0 aliphatic heterocycles. The molecular weight excluding hydrogens is 326 g/mol. The minimum atomic E-state index is 1.21. The van der Waals surface area contributed by atoms with Crippen molar-refractivity contribution in [2.45, 2.75) is 90.4 Å². The van der Waals surface area contributed by atoms with Gasteiger partial charge in [-0.15, -0.1) is 0 Å². The van der Waals surface area contributed by atoms with Crippen molar-refractivity contribution in [3.05, 3.63) is 48.0 Å². The van der Waals surface area contributed by atoms with E-state index in [2.05, 4.69) is 54.4 Å². The Balaban J connectivity index is 1.29. The van der Waals surface area contributed by atoms with Gasteiger partial charge in [0.15, 0.2) is 0 Å². The van der Waals surface area contributed by atoms with E-state index in [1.165, 1.54) is 111 Å². The first-order valence-electron chi connectivity index (χ1n) is 11.4. The molecule has 0 radical (unpaired) electrons. The van der Waals surface area contributed by atoms with Crippen molar-refractivity contribution in [3.63, 3.8) is 0 Å². The molecule has 146 valence electrons. The summed E-state index contributed by atoms with van der Waals surface area (Å²) in [6, 6.07) is 15.6. The Morgan fingerprint density at radius 3 is 1.89 bits per heavy atom. The molecule has 1 N–H and O–H groups in total. The number of nitrogens with one attached hydrogen (secondary N) is 1. The third kappa shape index (κ3) is 6.13. The van der Waals surface area contributed by atoms with Gasteiger partial charge < -0.3 is 4.98 Å². The van der Waals surface area contributed by atoms with Crippen molar-refractivity contribution < 1.29 is 0 Å². The molecule has 1 heteroatoms. The van der Waals surface area contributed by atoms with Crippen LogP contribution in [0.15, 0.2) is 42.5 Å². The summed E-state index contributed by atoms with van der Waals surface area (Å²) in [7, 11) is 0. The molecule has 3 aromatic rings. The van der Waals surface area contributed by atoms with E-state index < -0.39 is 0 Å². The molecule has 0 spiro atoms. The fourth-order valence-corrected chi connectivity index (χ4v) is 4.23. The minimum absolute atomic E-state index is 1.21. The second-order valence-electron chi connectivity index (χ2n) is 8.19. The van der Waals surface area contributed by atoms with Crippen LogP contribution < -0.4 is 0 Å². The average Bonchev–Trinajstić information content (AvgIpc) is 3.06. The van der Waals surface area contributed by atoms with E-state index in [0.717, 1.165) is 0 Å². The summed E-state index contributed by atoms with van der Waals surface area (Å²) in [6.45, 7) is 2.29. The van der Waals surface area contributed by atoms with Gasteiger partial charge in [0.05, 0.1) is 0 Å². The molecule has 0 fully saturated rings. The molecule has 0 aliphatic rings. The van der Waals surface area contributed by atoms with Gasteiger partial charge in [-0.05, 0) is 30.5 Å². The predicted octanol–water partition coefficient (Wildman–Crippen LogP) is 8.56. The maximum atomic E-state index is 3.56. The molecule has 0 aliphatic carbocycles. The molecule has 0 bridgehead atoms. The molecule has 1 aromatic heterocycles. The Bertz CT molecular complexity index is 798. The number of aromatic nitrogens is 1. The topological polar surface area (TPSA) is 15.8 Å². The summed E-state index contributed by atoms with van der Waals surface area (Å²) in [5, 5.41) is 2.69. The number of hydrogen-bond acceptors (Lipinski definition) is 0. The molecule has 2 aromatic carbocycles. The summed E-state index contributed by atoms with van der Waals surface area (Å²) in [6.07, 6.45) is 18.2. The standard InChI is InChI=1S/C26H37N/c1-2-3-4-5-6-7-8-9-10-11-12-13-16-22-19-20-24-23-17-14-15-18-25(23)27-26(24)21-22/h14-15,17-21,27H,2-13,16H2,1H3. The van der Waals surface area contributed by atoms with Crippen LogP contribution in [0, 0.1) is 0 Å². The van der Waals surface area contributed by atoms with Crippen LogP contribution in [0.25, 0.3) is 21.8 Å². The summed E-state index contributed by atoms with van der Waals surface area (Å²) in [5.74, 6) is 0. The zero-order chi connectivity index (χ0) is 18.7. The summed E-state index contributed by atoms with van der Waals surface area (Å²) < 4.78 is 0. The predicted molar refractivity (Wildman–Crippen MR) is 121 cm³/mol. The van der Waals surface area contributed by atoms with Gasteiger partial charge in [0, 0.05) is 21.8 Å². The molecule has 0 amide bonds. The van der Waals surface area contributed by atoms with Crippen LogP contribution in [-0.4, -0.2) is 4.98 Å². The lowest BCUT2D eigenvalue weighted by Gasteiger charge is -2.04. The maximum Gasteiger partial charge on any atom is 0.0467 e. The van der Waals surface area contributed by atoms with E-state index >= 15 is 0 Å². The number of fused-ring (bicyclic) bond motifs is 3. The average molecular weight is 364 g/mol. The number of hydrogen-bond donors (Lipinski definition) is 1. The van der Waals surface area contributed by atoms with Gasteiger partial charge in [0.2, 0.25) is 0 Å². The lowest BCUT2D eigenvalue weighted by atomic mass is 10.0. The van der Waals surface area contributed by atoms with Crippen LogP contribution in [0.4, 0.5) is 0 Å². The van der Waals surface area contributed by atoms with Crippen LogP contribution in [0.1, 0.15) is 89.5 Å². The number of rotatable bonds is 13. The first-order valence-corrected chi connectivity index (χ1v) is 11.4. The van der Waals surface area contributed by atoms with Crippen molar-refractivity contribution in [1.29, 1.82) is 0 Å². The van der Waals surface area contributed by atoms with Crippen LogP contribution >= 0.6 is 0 Å². The smallest absolute Gasteiger partial charge is 0.0467 e. The van der Waals surface area contributed by atoms with Crippen molar-refractivity contribution in [2.24, 2.45) is 0 Å². The zero-order valence-corrected chi connectivity index (χ0v) is 17.2. The molecule has 3 rings (SSSR count). The highest BCUT2D eigenvalue weighted by Gasteiger charge is 2.04. The lowest BCUT2D eigenvalue weighted by Crippen LogP contribution is -1.87. The molecule has 27 heavy (non-hydrogen) atoms.